The van der Waals surface area contributed by atoms with Crippen LogP contribution in [0.25, 0.3) is 16.7 Å². The highest BCUT2D eigenvalue weighted by Crippen LogP contribution is 2.24. The normalized spacial score (nSPS) is 18.7. The van der Waals surface area contributed by atoms with Crippen LogP contribution in [0.15, 0.2) is 30.3 Å². The Kier molecular flexibility index (Phi) is 4.89. The van der Waals surface area contributed by atoms with E-state index in [1.165, 1.54) is 50.2 Å². The van der Waals surface area contributed by atoms with Crippen molar-refractivity contribution in [2.24, 2.45) is 0 Å². The molecule has 1 aliphatic heterocycles. The van der Waals surface area contributed by atoms with E-state index in [0.717, 1.165) is 54.2 Å². The summed E-state index contributed by atoms with van der Waals surface area (Å²) in [5.74, 6) is 1.24. The molecule has 29 heavy (non-hydrogen) atoms. The number of para-hydroxylation sites is 2. The predicted molar refractivity (Wildman–Crippen MR) is 115 cm³/mol. The Morgan fingerprint density at radius 2 is 1.97 bits per heavy atom. The molecule has 1 saturated heterocycles. The molecule has 1 aliphatic carbocycles. The topological polar surface area (TPSA) is 51.4 Å². The zero-order valence-electron chi connectivity index (χ0n) is 17.4. The molecule has 1 aromatic carbocycles. The fourth-order valence-corrected chi connectivity index (χ4v) is 5.52. The van der Waals surface area contributed by atoms with Crippen LogP contribution in [0.5, 0.6) is 0 Å². The fourth-order valence-electron chi connectivity index (χ4n) is 5.52. The number of piperazine rings is 1. The van der Waals surface area contributed by atoms with Crippen LogP contribution in [0.1, 0.15) is 50.2 Å². The Bertz CT molecular complexity index is 1060. The number of rotatable bonds is 4. The maximum absolute atomic E-state index is 9.93. The van der Waals surface area contributed by atoms with Gasteiger partial charge in [-0.1, -0.05) is 25.5 Å². The van der Waals surface area contributed by atoms with Gasteiger partial charge in [0.05, 0.1) is 6.04 Å². The lowest BCUT2D eigenvalue weighted by molar-refractivity contribution is -0.925. The molecule has 0 bridgehead atoms. The predicted octanol–water partition coefficient (Wildman–Crippen LogP) is 2.38. The average Bonchev–Trinajstić information content (AvgIpc) is 3.42. The Balaban J connectivity index is 1.58. The van der Waals surface area contributed by atoms with E-state index in [1.807, 2.05) is 0 Å². The molecule has 0 spiro atoms. The second-order valence-electron chi connectivity index (χ2n) is 8.72. The van der Waals surface area contributed by atoms with Gasteiger partial charge in [-0.2, -0.15) is 9.66 Å². The van der Waals surface area contributed by atoms with Crippen molar-refractivity contribution in [2.45, 2.75) is 51.5 Å². The molecule has 2 aliphatic rings. The van der Waals surface area contributed by atoms with Gasteiger partial charge in [-0.05, 0) is 49.8 Å². The molecule has 2 N–H and O–H groups in total. The number of quaternary nitrogens is 1. The molecule has 0 atom stereocenters. The first-order chi connectivity index (χ1) is 14.3. The lowest BCUT2D eigenvalue weighted by atomic mass is 10.0. The zero-order chi connectivity index (χ0) is 19.8. The van der Waals surface area contributed by atoms with Gasteiger partial charge >= 0.3 is 0 Å². The number of aryl methyl sites for hydroxylation is 1. The minimum Gasteiger partial charge on any atom is -0.327 e. The summed E-state index contributed by atoms with van der Waals surface area (Å²) in [5, 5.41) is 9.93. The van der Waals surface area contributed by atoms with E-state index in [-0.39, 0.29) is 0 Å². The number of aromatic amines is 1. The Morgan fingerprint density at radius 1 is 1.21 bits per heavy atom. The van der Waals surface area contributed by atoms with E-state index in [9.17, 15) is 5.26 Å². The van der Waals surface area contributed by atoms with Crippen molar-refractivity contribution in [2.75, 3.05) is 31.1 Å². The molecule has 1 saturated carbocycles. The number of hydrogen-bond acceptors (Lipinski definition) is 2. The highest BCUT2D eigenvalue weighted by atomic mass is 15.3. The van der Waals surface area contributed by atoms with E-state index >= 15 is 0 Å². The van der Waals surface area contributed by atoms with Crippen LogP contribution in [0.2, 0.25) is 0 Å². The largest absolute Gasteiger partial charge is 0.327 e. The number of nitrogens with zero attached hydrogens (tertiary/aromatic N) is 3. The molecule has 0 unspecified atom stereocenters. The monoisotopic (exact) mass is 389 g/mol. The Labute approximate surface area is 172 Å². The van der Waals surface area contributed by atoms with E-state index < -0.39 is 0 Å². The quantitative estimate of drug-likeness (QED) is 0.673. The molecule has 5 rings (SSSR count). The molecule has 5 nitrogen and oxygen atoms in total. The van der Waals surface area contributed by atoms with E-state index in [4.69, 9.17) is 0 Å². The van der Waals surface area contributed by atoms with Crippen molar-refractivity contribution >= 4 is 22.5 Å². The summed E-state index contributed by atoms with van der Waals surface area (Å²) < 4.78 is 2.29. The van der Waals surface area contributed by atoms with Crippen LogP contribution in [0.3, 0.4) is 0 Å². The third-order valence-corrected chi connectivity index (χ3v) is 7.01. The summed E-state index contributed by atoms with van der Waals surface area (Å²) in [6.45, 7) is 6.80. The smallest absolute Gasteiger partial charge is 0.250 e. The number of nitriles is 1. The summed E-state index contributed by atoms with van der Waals surface area (Å²) in [6, 6.07) is 14.1. The van der Waals surface area contributed by atoms with Crippen molar-refractivity contribution < 1.29 is 9.30 Å². The molecule has 2 aromatic heterocycles. The van der Waals surface area contributed by atoms with Gasteiger partial charge in [0, 0.05) is 6.07 Å². The van der Waals surface area contributed by atoms with Gasteiger partial charge in [0.2, 0.25) is 11.5 Å². The number of anilines is 1. The highest BCUT2D eigenvalue weighted by molar-refractivity contribution is 5.77. The number of benzene rings is 1. The van der Waals surface area contributed by atoms with E-state index in [1.54, 1.807) is 4.90 Å². The number of aromatic nitrogens is 2. The molecule has 0 amide bonds. The van der Waals surface area contributed by atoms with Crippen LogP contribution in [-0.4, -0.2) is 37.2 Å². The first kappa shape index (κ1) is 18.4. The minimum absolute atomic E-state index is 0.794. The maximum atomic E-state index is 9.93. The number of nitrogens with one attached hydrogen (secondary N) is 2. The Hall–Kier alpha value is -2.58. The van der Waals surface area contributed by atoms with Crippen LogP contribution in [0.4, 0.5) is 5.82 Å². The van der Waals surface area contributed by atoms with Crippen LogP contribution < -0.4 is 14.2 Å². The molecular formula is C24H31N5+2. The number of fused-ring (bicyclic) bond motifs is 3. The number of H-pyrrole nitrogens is 1. The van der Waals surface area contributed by atoms with Crippen molar-refractivity contribution in [1.82, 2.24) is 4.98 Å². The van der Waals surface area contributed by atoms with Crippen LogP contribution in [0, 0.1) is 11.3 Å². The van der Waals surface area contributed by atoms with Crippen molar-refractivity contribution in [3.8, 4) is 6.07 Å². The first-order valence-corrected chi connectivity index (χ1v) is 11.3. The van der Waals surface area contributed by atoms with Gasteiger partial charge < -0.3 is 4.90 Å². The first-order valence-electron chi connectivity index (χ1n) is 11.3. The summed E-state index contributed by atoms with van der Waals surface area (Å²) in [5.41, 5.74) is 5.15. The second-order valence-corrected chi connectivity index (χ2v) is 8.72. The molecule has 0 radical (unpaired) electrons. The van der Waals surface area contributed by atoms with E-state index in [2.05, 4.69) is 57.6 Å². The standard InChI is InChI=1S/C24H29N5/c1-2-7-18-16-23(28-14-12-27(13-15-28)19-8-3-4-9-19)29-22-11-6-5-10-21(22)26-24(29)20(18)17-25/h5-6,10-11,16,19H,2-4,7-9,12-15H2,1H3/p+2. The van der Waals surface area contributed by atoms with Crippen molar-refractivity contribution in [3.63, 3.8) is 0 Å². The van der Waals surface area contributed by atoms with Crippen LogP contribution in [-0.2, 0) is 6.42 Å². The number of imidazole rings is 1. The molecule has 3 aromatic rings. The van der Waals surface area contributed by atoms with Gasteiger partial charge in [0.15, 0.2) is 0 Å². The van der Waals surface area contributed by atoms with Gasteiger partial charge in [0.1, 0.15) is 48.8 Å². The number of hydrogen-bond donors (Lipinski definition) is 2. The molecule has 150 valence electrons. The third kappa shape index (κ3) is 3.16. The summed E-state index contributed by atoms with van der Waals surface area (Å²) in [6.07, 6.45) is 7.64. The van der Waals surface area contributed by atoms with Gasteiger partial charge in [0.25, 0.3) is 0 Å². The van der Waals surface area contributed by atoms with Gasteiger partial charge in [-0.15, -0.1) is 0 Å². The van der Waals surface area contributed by atoms with Crippen molar-refractivity contribution in [3.05, 3.63) is 41.5 Å². The molecule has 5 heteroatoms. The number of pyridine rings is 1. The van der Waals surface area contributed by atoms with Gasteiger partial charge in [-0.3, -0.25) is 9.88 Å². The molecular weight excluding hydrogens is 358 g/mol. The third-order valence-electron chi connectivity index (χ3n) is 7.01. The van der Waals surface area contributed by atoms with Crippen LogP contribution >= 0.6 is 0 Å². The summed E-state index contributed by atoms with van der Waals surface area (Å²) in [7, 11) is 0. The average molecular weight is 390 g/mol. The highest BCUT2D eigenvalue weighted by Gasteiger charge is 2.33. The second kappa shape index (κ2) is 7.68. The maximum Gasteiger partial charge on any atom is 0.250 e. The van der Waals surface area contributed by atoms with Crippen molar-refractivity contribution in [1.29, 1.82) is 5.26 Å². The molecule has 2 fully saturated rings. The Morgan fingerprint density at radius 3 is 2.69 bits per heavy atom. The van der Waals surface area contributed by atoms with Gasteiger partial charge in [-0.25, -0.2) is 0 Å². The lowest BCUT2D eigenvalue weighted by Gasteiger charge is -2.33. The van der Waals surface area contributed by atoms with E-state index in [0.29, 0.717) is 0 Å². The zero-order valence-corrected chi connectivity index (χ0v) is 17.4. The fraction of sp³-hybridized carbons (Fsp3) is 0.500. The minimum atomic E-state index is 0.794. The summed E-state index contributed by atoms with van der Waals surface area (Å²) in [4.78, 5) is 7.89. The lowest BCUT2D eigenvalue weighted by Crippen LogP contribution is -3.18. The SMILES string of the molecule is CCCc1cc(N2CC[NH+](C3CCCC3)CC2)[n+]2c([nH]c3ccccc32)c1C#N. The molecule has 3 heterocycles. The summed E-state index contributed by atoms with van der Waals surface area (Å²) >= 11 is 0.